The van der Waals surface area contributed by atoms with Gasteiger partial charge in [0.25, 0.3) is 0 Å². The van der Waals surface area contributed by atoms with Crippen molar-refractivity contribution in [2.75, 3.05) is 4.90 Å². The number of anilines is 1. The Morgan fingerprint density at radius 1 is 1.44 bits per heavy atom. The zero-order valence-corrected chi connectivity index (χ0v) is 9.81. The van der Waals surface area contributed by atoms with E-state index in [0.29, 0.717) is 17.9 Å². The average Bonchev–Trinajstić information content (AvgIpc) is 2.62. The maximum absolute atomic E-state index is 11.8. The highest BCUT2D eigenvalue weighted by atomic mass is 35.5. The van der Waals surface area contributed by atoms with E-state index in [4.69, 9.17) is 11.6 Å². The van der Waals surface area contributed by atoms with Gasteiger partial charge in [-0.2, -0.15) is 0 Å². The third-order valence-electron chi connectivity index (χ3n) is 2.92. The molecule has 1 aromatic carbocycles. The molecule has 1 amide bonds. The van der Waals surface area contributed by atoms with Crippen molar-refractivity contribution in [2.24, 2.45) is 0 Å². The minimum absolute atomic E-state index is 0.0632. The van der Waals surface area contributed by atoms with Crippen molar-refractivity contribution in [2.45, 2.75) is 31.9 Å². The fraction of sp³-hybridized carbons (Fsp3) is 0.417. The van der Waals surface area contributed by atoms with Crippen molar-refractivity contribution in [3.8, 4) is 0 Å². The SMILES string of the molecule is CC(O)[C@@H]1CCC(=O)N1c1ccc(Cl)cc1. The molecule has 4 heteroatoms. The number of hydrogen-bond donors (Lipinski definition) is 1. The zero-order valence-electron chi connectivity index (χ0n) is 9.06. The Kier molecular flexibility index (Phi) is 3.17. The second-order valence-electron chi connectivity index (χ2n) is 4.09. The molecule has 16 heavy (non-hydrogen) atoms. The van der Waals surface area contributed by atoms with Crippen LogP contribution in [0.1, 0.15) is 19.8 Å². The van der Waals surface area contributed by atoms with Crippen LogP contribution < -0.4 is 4.90 Å². The van der Waals surface area contributed by atoms with E-state index in [-0.39, 0.29) is 11.9 Å². The summed E-state index contributed by atoms with van der Waals surface area (Å²) in [6, 6.07) is 7.00. The van der Waals surface area contributed by atoms with Gasteiger partial charge in [-0.3, -0.25) is 4.79 Å². The van der Waals surface area contributed by atoms with Crippen LogP contribution in [0, 0.1) is 0 Å². The molecule has 1 heterocycles. The Morgan fingerprint density at radius 2 is 2.06 bits per heavy atom. The third-order valence-corrected chi connectivity index (χ3v) is 3.17. The van der Waals surface area contributed by atoms with Crippen molar-refractivity contribution < 1.29 is 9.90 Å². The van der Waals surface area contributed by atoms with Crippen LogP contribution >= 0.6 is 11.6 Å². The molecule has 2 atom stereocenters. The van der Waals surface area contributed by atoms with E-state index in [2.05, 4.69) is 0 Å². The first-order valence-corrected chi connectivity index (χ1v) is 5.73. The van der Waals surface area contributed by atoms with Crippen molar-refractivity contribution in [1.82, 2.24) is 0 Å². The highest BCUT2D eigenvalue weighted by molar-refractivity contribution is 6.30. The summed E-state index contributed by atoms with van der Waals surface area (Å²) >= 11 is 5.80. The monoisotopic (exact) mass is 239 g/mol. The van der Waals surface area contributed by atoms with E-state index in [9.17, 15) is 9.90 Å². The van der Waals surface area contributed by atoms with Gasteiger partial charge in [0.2, 0.25) is 5.91 Å². The van der Waals surface area contributed by atoms with Crippen LogP contribution in [0.2, 0.25) is 5.02 Å². The zero-order chi connectivity index (χ0) is 11.7. The maximum atomic E-state index is 11.8. The standard InChI is InChI=1S/C12H14ClNO2/c1-8(15)11-6-7-12(16)14(11)10-4-2-9(13)3-5-10/h2-5,8,11,15H,6-7H2,1H3/t8?,11-/m0/s1. The van der Waals surface area contributed by atoms with Gasteiger partial charge in [0.1, 0.15) is 0 Å². The molecule has 1 fully saturated rings. The maximum Gasteiger partial charge on any atom is 0.227 e. The quantitative estimate of drug-likeness (QED) is 0.860. The van der Waals surface area contributed by atoms with Crippen LogP contribution in [0.4, 0.5) is 5.69 Å². The first kappa shape index (κ1) is 11.4. The van der Waals surface area contributed by atoms with Crippen molar-refractivity contribution >= 4 is 23.2 Å². The second-order valence-corrected chi connectivity index (χ2v) is 4.52. The summed E-state index contributed by atoms with van der Waals surface area (Å²) < 4.78 is 0. The Labute approximate surface area is 99.6 Å². The number of halogens is 1. The van der Waals surface area contributed by atoms with Crippen molar-refractivity contribution in [3.05, 3.63) is 29.3 Å². The predicted octanol–water partition coefficient (Wildman–Crippen LogP) is 2.22. The highest BCUT2D eigenvalue weighted by Crippen LogP contribution is 2.29. The fourth-order valence-electron chi connectivity index (χ4n) is 2.10. The Hall–Kier alpha value is -1.06. The molecule has 0 spiro atoms. The first-order chi connectivity index (χ1) is 7.59. The Bertz CT molecular complexity index is 389. The molecular formula is C12H14ClNO2. The topological polar surface area (TPSA) is 40.5 Å². The lowest BCUT2D eigenvalue weighted by Crippen LogP contribution is -2.39. The van der Waals surface area contributed by atoms with Gasteiger partial charge in [-0.1, -0.05) is 11.6 Å². The van der Waals surface area contributed by atoms with Crippen LogP contribution in [0.15, 0.2) is 24.3 Å². The number of hydrogen-bond acceptors (Lipinski definition) is 2. The normalized spacial score (nSPS) is 22.6. The Morgan fingerprint density at radius 3 is 2.62 bits per heavy atom. The lowest BCUT2D eigenvalue weighted by Gasteiger charge is -2.27. The number of benzene rings is 1. The van der Waals surface area contributed by atoms with Crippen LogP contribution in [-0.2, 0) is 4.79 Å². The summed E-state index contributed by atoms with van der Waals surface area (Å²) in [5.41, 5.74) is 0.804. The molecule has 0 bridgehead atoms. The highest BCUT2D eigenvalue weighted by Gasteiger charge is 2.34. The van der Waals surface area contributed by atoms with Gasteiger partial charge < -0.3 is 10.0 Å². The molecule has 1 saturated heterocycles. The summed E-state index contributed by atoms with van der Waals surface area (Å²) in [4.78, 5) is 13.4. The molecule has 1 unspecified atom stereocenters. The number of carbonyl (C=O) groups is 1. The van der Waals surface area contributed by atoms with Crippen LogP contribution in [0.3, 0.4) is 0 Å². The van der Waals surface area contributed by atoms with Gasteiger partial charge in [-0.05, 0) is 37.6 Å². The van der Waals surface area contributed by atoms with E-state index in [1.54, 1.807) is 36.1 Å². The van der Waals surface area contributed by atoms with Gasteiger partial charge in [0.15, 0.2) is 0 Å². The number of amides is 1. The predicted molar refractivity (Wildman–Crippen MR) is 63.6 cm³/mol. The summed E-state index contributed by atoms with van der Waals surface area (Å²) in [5, 5.41) is 10.3. The van der Waals surface area contributed by atoms with Gasteiger partial charge >= 0.3 is 0 Å². The molecule has 0 aromatic heterocycles. The largest absolute Gasteiger partial charge is 0.391 e. The summed E-state index contributed by atoms with van der Waals surface area (Å²) in [7, 11) is 0. The fourth-order valence-corrected chi connectivity index (χ4v) is 2.23. The number of aliphatic hydroxyl groups excluding tert-OH is 1. The molecular weight excluding hydrogens is 226 g/mol. The van der Waals surface area contributed by atoms with Crippen molar-refractivity contribution in [3.63, 3.8) is 0 Å². The van der Waals surface area contributed by atoms with Gasteiger partial charge in [-0.25, -0.2) is 0 Å². The van der Waals surface area contributed by atoms with E-state index < -0.39 is 6.10 Å². The van der Waals surface area contributed by atoms with Crippen LogP contribution in [0.25, 0.3) is 0 Å². The minimum atomic E-state index is -0.512. The Balaban J connectivity index is 2.30. The summed E-state index contributed by atoms with van der Waals surface area (Å²) in [6.45, 7) is 1.71. The molecule has 0 aliphatic carbocycles. The number of aliphatic hydroxyl groups is 1. The van der Waals surface area contributed by atoms with E-state index in [1.165, 1.54) is 0 Å². The summed E-state index contributed by atoms with van der Waals surface area (Å²) in [5.74, 6) is 0.0632. The molecule has 1 aliphatic rings. The molecule has 0 radical (unpaired) electrons. The number of nitrogens with zero attached hydrogens (tertiary/aromatic N) is 1. The van der Waals surface area contributed by atoms with Crippen LogP contribution in [0.5, 0.6) is 0 Å². The molecule has 1 N–H and O–H groups in total. The summed E-state index contributed by atoms with van der Waals surface area (Å²) in [6.07, 6.45) is 0.694. The van der Waals surface area contributed by atoms with Crippen LogP contribution in [-0.4, -0.2) is 23.2 Å². The molecule has 2 rings (SSSR count). The van der Waals surface area contributed by atoms with E-state index >= 15 is 0 Å². The van der Waals surface area contributed by atoms with Gasteiger partial charge in [0, 0.05) is 17.1 Å². The third kappa shape index (κ3) is 2.06. The molecule has 0 saturated carbocycles. The van der Waals surface area contributed by atoms with Gasteiger partial charge in [0.05, 0.1) is 12.1 Å². The molecule has 3 nitrogen and oxygen atoms in total. The second kappa shape index (κ2) is 4.44. The minimum Gasteiger partial charge on any atom is -0.391 e. The van der Waals surface area contributed by atoms with E-state index in [1.807, 2.05) is 0 Å². The molecule has 1 aliphatic heterocycles. The van der Waals surface area contributed by atoms with Crippen molar-refractivity contribution in [1.29, 1.82) is 0 Å². The van der Waals surface area contributed by atoms with E-state index in [0.717, 1.165) is 5.69 Å². The number of carbonyl (C=O) groups excluding carboxylic acids is 1. The lowest BCUT2D eigenvalue weighted by atomic mass is 10.1. The average molecular weight is 240 g/mol. The van der Waals surface area contributed by atoms with Gasteiger partial charge in [-0.15, -0.1) is 0 Å². The number of rotatable bonds is 2. The lowest BCUT2D eigenvalue weighted by molar-refractivity contribution is -0.117. The first-order valence-electron chi connectivity index (χ1n) is 5.35. The molecule has 86 valence electrons. The molecule has 1 aromatic rings. The smallest absolute Gasteiger partial charge is 0.227 e.